The fourth-order valence-corrected chi connectivity index (χ4v) is 2.24. The number of carboxylic acids is 1. The maximum atomic E-state index is 11.8. The molecule has 0 spiro atoms. The van der Waals surface area contributed by atoms with Crippen LogP contribution in [-0.4, -0.2) is 23.0 Å². The van der Waals surface area contributed by atoms with Crippen molar-refractivity contribution < 1.29 is 14.7 Å². The Labute approximate surface area is 121 Å². The third kappa shape index (κ3) is 5.87. The Hall–Kier alpha value is -1.36. The molecule has 1 rings (SSSR count). The standard InChI is InChI=1S/C14H18BrNO3/c1-9-7-12(15)5-4-11(9)8-13(17)16-10(2)3-6-14(18)19/h4-5,7,10H,3,6,8H2,1-2H3,(H,16,17)(H,18,19). The van der Waals surface area contributed by atoms with E-state index in [4.69, 9.17) is 5.11 Å². The molecule has 1 unspecified atom stereocenters. The summed E-state index contributed by atoms with van der Waals surface area (Å²) in [5, 5.41) is 11.4. The maximum Gasteiger partial charge on any atom is 0.303 e. The molecule has 1 aromatic carbocycles. The lowest BCUT2D eigenvalue weighted by Gasteiger charge is -2.13. The molecular weight excluding hydrogens is 310 g/mol. The zero-order valence-electron chi connectivity index (χ0n) is 11.1. The van der Waals surface area contributed by atoms with Gasteiger partial charge in [0.15, 0.2) is 0 Å². The van der Waals surface area contributed by atoms with Crippen LogP contribution < -0.4 is 5.32 Å². The Balaban J connectivity index is 2.48. The van der Waals surface area contributed by atoms with E-state index in [1.165, 1.54) is 0 Å². The van der Waals surface area contributed by atoms with Crippen LogP contribution in [0.5, 0.6) is 0 Å². The van der Waals surface area contributed by atoms with E-state index in [2.05, 4.69) is 21.2 Å². The number of halogens is 1. The number of aliphatic carboxylic acids is 1. The van der Waals surface area contributed by atoms with Crippen LogP contribution in [0.3, 0.4) is 0 Å². The molecule has 0 aliphatic heterocycles. The minimum atomic E-state index is -0.843. The van der Waals surface area contributed by atoms with Crippen LogP contribution in [0, 0.1) is 6.92 Å². The first kappa shape index (κ1) is 15.7. The average molecular weight is 328 g/mol. The predicted molar refractivity (Wildman–Crippen MR) is 77.1 cm³/mol. The number of carbonyl (C=O) groups excluding carboxylic acids is 1. The third-order valence-corrected chi connectivity index (χ3v) is 3.35. The number of hydrogen-bond acceptors (Lipinski definition) is 2. The summed E-state index contributed by atoms with van der Waals surface area (Å²) in [4.78, 5) is 22.3. The van der Waals surface area contributed by atoms with Crippen molar-refractivity contribution in [3.05, 3.63) is 33.8 Å². The zero-order chi connectivity index (χ0) is 14.4. The number of aryl methyl sites for hydroxylation is 1. The molecule has 0 radical (unpaired) electrons. The van der Waals surface area contributed by atoms with Crippen LogP contribution in [0.4, 0.5) is 0 Å². The van der Waals surface area contributed by atoms with Crippen molar-refractivity contribution in [2.45, 2.75) is 39.2 Å². The summed E-state index contributed by atoms with van der Waals surface area (Å²) in [5.41, 5.74) is 2.04. The van der Waals surface area contributed by atoms with E-state index in [1.54, 1.807) is 0 Å². The molecule has 0 saturated heterocycles. The van der Waals surface area contributed by atoms with Gasteiger partial charge in [-0.1, -0.05) is 22.0 Å². The highest BCUT2D eigenvalue weighted by atomic mass is 79.9. The summed E-state index contributed by atoms with van der Waals surface area (Å²) in [7, 11) is 0. The molecule has 0 aliphatic rings. The van der Waals surface area contributed by atoms with Crippen LogP contribution in [-0.2, 0) is 16.0 Å². The molecule has 0 aromatic heterocycles. The lowest BCUT2D eigenvalue weighted by atomic mass is 10.1. The highest BCUT2D eigenvalue weighted by molar-refractivity contribution is 9.10. The Bertz CT molecular complexity index is 474. The Morgan fingerprint density at radius 2 is 2.11 bits per heavy atom. The number of hydrogen-bond donors (Lipinski definition) is 2. The number of benzene rings is 1. The van der Waals surface area contributed by atoms with Gasteiger partial charge in [-0.3, -0.25) is 9.59 Å². The van der Waals surface area contributed by atoms with Gasteiger partial charge in [-0.05, 0) is 43.5 Å². The summed E-state index contributed by atoms with van der Waals surface area (Å²) in [6.07, 6.45) is 0.829. The normalized spacial score (nSPS) is 11.9. The first-order valence-corrected chi connectivity index (χ1v) is 6.94. The SMILES string of the molecule is Cc1cc(Br)ccc1CC(=O)NC(C)CCC(=O)O. The maximum absolute atomic E-state index is 11.8. The molecular formula is C14H18BrNO3. The van der Waals surface area contributed by atoms with Gasteiger partial charge >= 0.3 is 5.97 Å². The molecule has 2 N–H and O–H groups in total. The monoisotopic (exact) mass is 327 g/mol. The van der Waals surface area contributed by atoms with Crippen molar-refractivity contribution >= 4 is 27.8 Å². The summed E-state index contributed by atoms with van der Waals surface area (Å²) in [6, 6.07) is 5.67. The summed E-state index contributed by atoms with van der Waals surface area (Å²) < 4.78 is 0.990. The lowest BCUT2D eigenvalue weighted by Crippen LogP contribution is -2.34. The van der Waals surface area contributed by atoms with Crippen molar-refractivity contribution in [1.29, 1.82) is 0 Å². The molecule has 19 heavy (non-hydrogen) atoms. The number of carbonyl (C=O) groups is 2. The fraction of sp³-hybridized carbons (Fsp3) is 0.429. The topological polar surface area (TPSA) is 66.4 Å². The van der Waals surface area contributed by atoms with Gasteiger partial charge in [-0.15, -0.1) is 0 Å². The molecule has 1 amide bonds. The van der Waals surface area contributed by atoms with Crippen LogP contribution >= 0.6 is 15.9 Å². The van der Waals surface area contributed by atoms with E-state index in [0.29, 0.717) is 12.8 Å². The molecule has 0 fully saturated rings. The van der Waals surface area contributed by atoms with E-state index >= 15 is 0 Å². The van der Waals surface area contributed by atoms with Crippen LogP contribution in [0.25, 0.3) is 0 Å². The average Bonchev–Trinajstić information content (AvgIpc) is 2.30. The van der Waals surface area contributed by atoms with E-state index in [0.717, 1.165) is 15.6 Å². The molecule has 1 atom stereocenters. The van der Waals surface area contributed by atoms with Gasteiger partial charge < -0.3 is 10.4 Å². The molecule has 0 saturated carbocycles. The second-order valence-corrected chi connectivity index (χ2v) is 5.56. The van der Waals surface area contributed by atoms with Crippen LogP contribution in [0.15, 0.2) is 22.7 Å². The molecule has 4 nitrogen and oxygen atoms in total. The van der Waals surface area contributed by atoms with Gasteiger partial charge in [0.05, 0.1) is 6.42 Å². The quantitative estimate of drug-likeness (QED) is 0.844. The number of nitrogens with one attached hydrogen (secondary N) is 1. The third-order valence-electron chi connectivity index (χ3n) is 2.85. The Morgan fingerprint density at radius 1 is 1.42 bits per heavy atom. The van der Waals surface area contributed by atoms with Crippen molar-refractivity contribution in [3.63, 3.8) is 0 Å². The van der Waals surface area contributed by atoms with Crippen molar-refractivity contribution in [2.24, 2.45) is 0 Å². The molecule has 5 heteroatoms. The van der Waals surface area contributed by atoms with Gasteiger partial charge in [-0.2, -0.15) is 0 Å². The van der Waals surface area contributed by atoms with E-state index in [9.17, 15) is 9.59 Å². The highest BCUT2D eigenvalue weighted by Crippen LogP contribution is 2.16. The second-order valence-electron chi connectivity index (χ2n) is 4.65. The van der Waals surface area contributed by atoms with Gasteiger partial charge in [0.1, 0.15) is 0 Å². The molecule has 1 aromatic rings. The Morgan fingerprint density at radius 3 is 2.68 bits per heavy atom. The first-order valence-electron chi connectivity index (χ1n) is 6.14. The predicted octanol–water partition coefficient (Wildman–Crippen LogP) is 2.67. The van der Waals surface area contributed by atoms with E-state index in [-0.39, 0.29) is 18.4 Å². The van der Waals surface area contributed by atoms with Crippen LogP contribution in [0.1, 0.15) is 30.9 Å². The van der Waals surface area contributed by atoms with Gasteiger partial charge in [0.25, 0.3) is 0 Å². The second kappa shape index (κ2) is 7.28. The number of rotatable bonds is 6. The first-order chi connectivity index (χ1) is 8.88. The smallest absolute Gasteiger partial charge is 0.303 e. The molecule has 0 heterocycles. The minimum absolute atomic E-state index is 0.0682. The van der Waals surface area contributed by atoms with Gasteiger partial charge in [0, 0.05) is 16.9 Å². The Kier molecular flexibility index (Phi) is 6.02. The number of carboxylic acid groups (broad SMARTS) is 1. The van der Waals surface area contributed by atoms with Crippen LogP contribution in [0.2, 0.25) is 0 Å². The molecule has 0 aliphatic carbocycles. The minimum Gasteiger partial charge on any atom is -0.481 e. The zero-order valence-corrected chi connectivity index (χ0v) is 12.7. The molecule has 104 valence electrons. The van der Waals surface area contributed by atoms with Crippen molar-refractivity contribution in [3.8, 4) is 0 Å². The van der Waals surface area contributed by atoms with Crippen molar-refractivity contribution in [1.82, 2.24) is 5.32 Å². The summed E-state index contributed by atoms with van der Waals surface area (Å²) in [6.45, 7) is 3.77. The summed E-state index contributed by atoms with van der Waals surface area (Å²) in [5.74, 6) is -0.923. The van der Waals surface area contributed by atoms with Gasteiger partial charge in [-0.25, -0.2) is 0 Å². The lowest BCUT2D eigenvalue weighted by molar-refractivity contribution is -0.137. The summed E-state index contributed by atoms with van der Waals surface area (Å²) >= 11 is 3.38. The van der Waals surface area contributed by atoms with Gasteiger partial charge in [0.2, 0.25) is 5.91 Å². The van der Waals surface area contributed by atoms with Crippen molar-refractivity contribution in [2.75, 3.05) is 0 Å². The largest absolute Gasteiger partial charge is 0.481 e. The number of amides is 1. The highest BCUT2D eigenvalue weighted by Gasteiger charge is 2.11. The fourth-order valence-electron chi connectivity index (χ4n) is 1.77. The molecule has 0 bridgehead atoms. The van der Waals surface area contributed by atoms with E-state index < -0.39 is 5.97 Å². The van der Waals surface area contributed by atoms with E-state index in [1.807, 2.05) is 32.0 Å².